The molecule has 0 fully saturated rings. The van der Waals surface area contributed by atoms with Crippen LogP contribution in [0.4, 0.5) is 18.9 Å². The number of nitrogens with one attached hydrogen (secondary N) is 1. The number of amides is 1. The largest absolute Gasteiger partial charge is 0.444 e. The summed E-state index contributed by atoms with van der Waals surface area (Å²) in [5.41, 5.74) is -0.792. The van der Waals surface area contributed by atoms with Gasteiger partial charge in [-0.1, -0.05) is 41.9 Å². The van der Waals surface area contributed by atoms with Gasteiger partial charge in [0.1, 0.15) is 0 Å². The van der Waals surface area contributed by atoms with Gasteiger partial charge >= 0.3 is 12.1 Å². The fraction of sp³-hybridized carbons (Fsp3) is 0.0952. The van der Waals surface area contributed by atoms with Crippen molar-refractivity contribution < 1.29 is 27.5 Å². The van der Waals surface area contributed by atoms with Crippen molar-refractivity contribution in [2.24, 2.45) is 0 Å². The van der Waals surface area contributed by atoms with Crippen molar-refractivity contribution in [3.8, 4) is 0 Å². The van der Waals surface area contributed by atoms with Gasteiger partial charge in [-0.05, 0) is 30.3 Å². The molecule has 1 aromatic heterocycles. The van der Waals surface area contributed by atoms with E-state index in [1.54, 1.807) is 30.3 Å². The number of hydrogen-bond acceptors (Lipinski definition) is 4. The predicted molar refractivity (Wildman–Crippen MR) is 104 cm³/mol. The summed E-state index contributed by atoms with van der Waals surface area (Å²) in [7, 11) is 0. The van der Waals surface area contributed by atoms with Crippen LogP contribution in [0.1, 0.15) is 27.6 Å². The summed E-state index contributed by atoms with van der Waals surface area (Å²) in [6.07, 6.45) is -3.31. The zero-order chi connectivity index (χ0) is 21.7. The first-order valence-electron chi connectivity index (χ1n) is 8.59. The monoisotopic (exact) mass is 434 g/mol. The second-order valence-electron chi connectivity index (χ2n) is 6.12. The summed E-state index contributed by atoms with van der Waals surface area (Å²) >= 11 is 5.94. The summed E-state index contributed by atoms with van der Waals surface area (Å²) < 4.78 is 44.3. The smallest absolute Gasteiger partial charge is 0.416 e. The number of carbonyl (C=O) groups is 2. The van der Waals surface area contributed by atoms with Crippen LogP contribution in [0, 0.1) is 0 Å². The Bertz CT molecular complexity index is 1040. The van der Waals surface area contributed by atoms with Gasteiger partial charge in [0.05, 0.1) is 21.8 Å². The van der Waals surface area contributed by atoms with Crippen molar-refractivity contribution in [3.05, 3.63) is 94.8 Å². The van der Waals surface area contributed by atoms with Crippen LogP contribution in [-0.2, 0) is 15.7 Å². The highest BCUT2D eigenvalue weighted by atomic mass is 35.5. The van der Waals surface area contributed by atoms with E-state index >= 15 is 0 Å². The number of carbonyl (C=O) groups excluding carboxylic acids is 2. The number of aromatic nitrogens is 1. The molecule has 0 unspecified atom stereocenters. The number of nitrogens with zero attached hydrogens (tertiary/aromatic N) is 1. The molecule has 3 rings (SSSR count). The number of hydrogen-bond donors (Lipinski definition) is 1. The molecule has 154 valence electrons. The lowest BCUT2D eigenvalue weighted by molar-refractivity contribution is -0.137. The Morgan fingerprint density at radius 3 is 2.40 bits per heavy atom. The van der Waals surface area contributed by atoms with E-state index in [1.165, 1.54) is 24.5 Å². The number of rotatable bonds is 5. The maximum Gasteiger partial charge on any atom is 0.416 e. The molecule has 1 atom stereocenters. The van der Waals surface area contributed by atoms with E-state index in [9.17, 15) is 22.8 Å². The highest BCUT2D eigenvalue weighted by Crippen LogP contribution is 2.34. The van der Waals surface area contributed by atoms with Crippen LogP contribution in [0.25, 0.3) is 0 Å². The first-order chi connectivity index (χ1) is 14.3. The normalized spacial score (nSPS) is 12.1. The van der Waals surface area contributed by atoms with Crippen molar-refractivity contribution in [2.45, 2.75) is 12.3 Å². The molecule has 0 radical (unpaired) electrons. The van der Waals surface area contributed by atoms with Crippen LogP contribution in [-0.4, -0.2) is 16.9 Å². The first kappa shape index (κ1) is 21.3. The van der Waals surface area contributed by atoms with Crippen molar-refractivity contribution >= 4 is 29.2 Å². The molecule has 1 heterocycles. The molecule has 0 aliphatic heterocycles. The molecule has 0 saturated carbocycles. The molecule has 0 bridgehead atoms. The molecule has 0 spiro atoms. The van der Waals surface area contributed by atoms with Crippen molar-refractivity contribution in [3.63, 3.8) is 0 Å². The average Bonchev–Trinajstić information content (AvgIpc) is 2.73. The second-order valence-corrected chi connectivity index (χ2v) is 6.53. The van der Waals surface area contributed by atoms with E-state index in [1.807, 2.05) is 0 Å². The second kappa shape index (κ2) is 8.96. The van der Waals surface area contributed by atoms with Gasteiger partial charge in [0.25, 0.3) is 5.91 Å². The standard InChI is InChI=1S/C21H14ClF3N2O3/c22-16-9-8-15(21(23,24)25)11-17(16)27-19(28)18(13-5-2-1-3-6-13)30-20(29)14-7-4-10-26-12-14/h1-12,18H,(H,27,28)/t18-/m1/s1. The Balaban J connectivity index is 1.89. The zero-order valence-electron chi connectivity index (χ0n) is 15.2. The number of pyridine rings is 1. The number of benzene rings is 2. The third-order valence-corrected chi connectivity index (χ3v) is 4.34. The van der Waals surface area contributed by atoms with E-state index in [0.717, 1.165) is 12.1 Å². The summed E-state index contributed by atoms with van der Waals surface area (Å²) in [6, 6.07) is 13.6. The molecule has 1 amide bonds. The van der Waals surface area contributed by atoms with Crippen LogP contribution in [0.2, 0.25) is 5.02 Å². The number of halogens is 4. The molecule has 1 N–H and O–H groups in total. The third-order valence-electron chi connectivity index (χ3n) is 4.01. The molecule has 5 nitrogen and oxygen atoms in total. The van der Waals surface area contributed by atoms with Crippen LogP contribution < -0.4 is 5.32 Å². The van der Waals surface area contributed by atoms with Crippen LogP contribution in [0.15, 0.2) is 73.1 Å². The van der Waals surface area contributed by atoms with E-state index in [4.69, 9.17) is 16.3 Å². The Morgan fingerprint density at radius 2 is 1.77 bits per heavy atom. The van der Waals surface area contributed by atoms with Crippen LogP contribution in [0.3, 0.4) is 0 Å². The molecule has 0 aliphatic carbocycles. The Labute approximate surface area is 174 Å². The van der Waals surface area contributed by atoms with E-state index in [2.05, 4.69) is 10.3 Å². The molecular formula is C21H14ClF3N2O3. The van der Waals surface area contributed by atoms with Crippen molar-refractivity contribution in [2.75, 3.05) is 5.32 Å². The van der Waals surface area contributed by atoms with Gasteiger partial charge in [0.2, 0.25) is 6.10 Å². The van der Waals surface area contributed by atoms with Gasteiger partial charge in [-0.15, -0.1) is 0 Å². The highest BCUT2D eigenvalue weighted by molar-refractivity contribution is 6.33. The van der Waals surface area contributed by atoms with Gasteiger partial charge in [-0.2, -0.15) is 13.2 Å². The fourth-order valence-electron chi connectivity index (χ4n) is 2.56. The Hall–Kier alpha value is -3.39. The summed E-state index contributed by atoms with van der Waals surface area (Å²) in [5.74, 6) is -1.68. The predicted octanol–water partition coefficient (Wildman–Crippen LogP) is 5.29. The minimum absolute atomic E-state index is 0.0956. The number of anilines is 1. The molecule has 30 heavy (non-hydrogen) atoms. The molecule has 0 saturated heterocycles. The summed E-state index contributed by atoms with van der Waals surface area (Å²) in [6.45, 7) is 0. The lowest BCUT2D eigenvalue weighted by atomic mass is 10.1. The van der Waals surface area contributed by atoms with Gasteiger partial charge in [0, 0.05) is 18.0 Å². The quantitative estimate of drug-likeness (QED) is 0.554. The minimum atomic E-state index is -4.62. The topological polar surface area (TPSA) is 68.3 Å². The van der Waals surface area contributed by atoms with Gasteiger partial charge < -0.3 is 10.1 Å². The molecule has 3 aromatic rings. The maximum absolute atomic E-state index is 13.0. The van der Waals surface area contributed by atoms with E-state index in [0.29, 0.717) is 11.6 Å². The van der Waals surface area contributed by atoms with E-state index < -0.39 is 29.7 Å². The SMILES string of the molecule is O=C(O[C@@H](C(=O)Nc1cc(C(F)(F)F)ccc1Cl)c1ccccc1)c1cccnc1. The third kappa shape index (κ3) is 5.15. The van der Waals surface area contributed by atoms with Gasteiger partial charge in [-0.3, -0.25) is 9.78 Å². The van der Waals surface area contributed by atoms with Crippen LogP contribution in [0.5, 0.6) is 0 Å². The maximum atomic E-state index is 13.0. The van der Waals surface area contributed by atoms with E-state index in [-0.39, 0.29) is 16.3 Å². The molecule has 2 aromatic carbocycles. The van der Waals surface area contributed by atoms with Gasteiger partial charge in [0.15, 0.2) is 0 Å². The number of alkyl halides is 3. The molecular weight excluding hydrogens is 421 g/mol. The minimum Gasteiger partial charge on any atom is -0.444 e. The zero-order valence-corrected chi connectivity index (χ0v) is 15.9. The first-order valence-corrected chi connectivity index (χ1v) is 8.97. The lowest BCUT2D eigenvalue weighted by Gasteiger charge is -2.19. The number of esters is 1. The van der Waals surface area contributed by atoms with Crippen molar-refractivity contribution in [1.82, 2.24) is 4.98 Å². The van der Waals surface area contributed by atoms with Gasteiger partial charge in [-0.25, -0.2) is 4.79 Å². The lowest BCUT2D eigenvalue weighted by Crippen LogP contribution is -2.26. The Morgan fingerprint density at radius 1 is 1.03 bits per heavy atom. The Kier molecular flexibility index (Phi) is 6.37. The number of ether oxygens (including phenoxy) is 1. The summed E-state index contributed by atoms with van der Waals surface area (Å²) in [5, 5.41) is 2.22. The molecule has 0 aliphatic rings. The fourth-order valence-corrected chi connectivity index (χ4v) is 2.72. The van der Waals surface area contributed by atoms with Crippen LogP contribution >= 0.6 is 11.6 Å². The summed E-state index contributed by atoms with van der Waals surface area (Å²) in [4.78, 5) is 29.1. The highest BCUT2D eigenvalue weighted by Gasteiger charge is 2.32. The molecule has 9 heteroatoms. The van der Waals surface area contributed by atoms with Crippen molar-refractivity contribution in [1.29, 1.82) is 0 Å². The average molecular weight is 435 g/mol.